The van der Waals surface area contributed by atoms with Crippen molar-refractivity contribution in [2.45, 2.75) is 37.1 Å². The largest absolute Gasteiger partial charge is 0.497 e. The number of nitrogens with two attached hydrogens (primary N) is 1. The second-order valence-corrected chi connectivity index (χ2v) is 8.45. The topological polar surface area (TPSA) is 117 Å². The van der Waals surface area contributed by atoms with Crippen LogP contribution in [0.3, 0.4) is 0 Å². The van der Waals surface area contributed by atoms with E-state index in [4.69, 9.17) is 14.6 Å². The van der Waals surface area contributed by atoms with Gasteiger partial charge in [0.1, 0.15) is 11.5 Å². The maximum Gasteiger partial charge on any atom is 0.382 e. The first kappa shape index (κ1) is 21.9. The molecule has 0 spiro atoms. The van der Waals surface area contributed by atoms with Crippen molar-refractivity contribution in [3.05, 3.63) is 54.1 Å². The molecule has 1 fully saturated rings. The van der Waals surface area contributed by atoms with Crippen molar-refractivity contribution in [3.63, 3.8) is 0 Å². The zero-order valence-corrected chi connectivity index (χ0v) is 17.8. The lowest BCUT2D eigenvalue weighted by Gasteiger charge is -2.38. The van der Waals surface area contributed by atoms with E-state index in [-0.39, 0.29) is 6.04 Å². The molecule has 0 radical (unpaired) electrons. The molecular formula is C21H26N2O6S. The van der Waals surface area contributed by atoms with Gasteiger partial charge in [0.2, 0.25) is 0 Å². The molecule has 3 N–H and O–H groups in total. The Morgan fingerprint density at radius 2 is 1.77 bits per heavy atom. The van der Waals surface area contributed by atoms with Crippen molar-refractivity contribution in [1.29, 1.82) is 0 Å². The number of hydrogen-bond donors (Lipinski definition) is 2. The number of benzene rings is 2. The van der Waals surface area contributed by atoms with Crippen LogP contribution in [0.5, 0.6) is 11.5 Å². The second kappa shape index (κ2) is 8.93. The Labute approximate surface area is 176 Å². The van der Waals surface area contributed by atoms with Gasteiger partial charge < -0.3 is 19.0 Å². The summed E-state index contributed by atoms with van der Waals surface area (Å²) in [4.78, 5) is 12.9. The van der Waals surface area contributed by atoms with E-state index in [0.717, 1.165) is 11.4 Å². The average Bonchev–Trinajstić information content (AvgIpc) is 2.73. The first-order valence-electron chi connectivity index (χ1n) is 9.58. The normalized spacial score (nSPS) is 21.5. The number of carbonyl (C=O) groups excluding carboxylic acids is 1. The van der Waals surface area contributed by atoms with Crippen LogP contribution in [-0.2, 0) is 24.7 Å². The summed E-state index contributed by atoms with van der Waals surface area (Å²) in [6.07, 6.45) is 2.02. The molecule has 1 aliphatic rings. The minimum atomic E-state index is -4.42. The van der Waals surface area contributed by atoms with Crippen LogP contribution in [0.1, 0.15) is 31.2 Å². The summed E-state index contributed by atoms with van der Waals surface area (Å²) < 4.78 is 38.2. The van der Waals surface area contributed by atoms with E-state index in [2.05, 4.69) is 9.50 Å². The quantitative estimate of drug-likeness (QED) is 0.688. The van der Waals surface area contributed by atoms with Gasteiger partial charge in [-0.25, -0.2) is 4.79 Å². The van der Waals surface area contributed by atoms with Crippen LogP contribution in [0.2, 0.25) is 0 Å². The van der Waals surface area contributed by atoms with Gasteiger partial charge in [0.05, 0.1) is 25.3 Å². The third-order valence-corrected chi connectivity index (χ3v) is 5.89. The summed E-state index contributed by atoms with van der Waals surface area (Å²) in [5, 5.41) is 8.43. The Morgan fingerprint density at radius 1 is 1.07 bits per heavy atom. The summed E-state index contributed by atoms with van der Waals surface area (Å²) >= 11 is 0. The standard InChI is InChI=1S/C21H26N2O6S/c1-27-17-7-5-6-15(14-17)21(20(24)29-30(22,25)26)12-10-16(11-13-21)23-18-8-3-4-9-19(18)28-2/h3-9,14,16,23H,10-13H2,1-2H3,(H2,22,25,26). The predicted octanol–water partition coefficient (Wildman–Crippen LogP) is 2.74. The lowest BCUT2D eigenvalue weighted by molar-refractivity contribution is -0.141. The maximum absolute atomic E-state index is 12.9. The van der Waals surface area contributed by atoms with E-state index >= 15 is 0 Å². The molecule has 8 nitrogen and oxygen atoms in total. The molecule has 0 unspecified atom stereocenters. The number of methoxy groups -OCH3 is 2. The third kappa shape index (κ3) is 4.85. The SMILES string of the molecule is COc1cccc(C2(C(=O)OS(N)(=O)=O)CCC(Nc3ccccc3OC)CC2)c1. The predicted molar refractivity (Wildman–Crippen MR) is 113 cm³/mol. The molecule has 0 aromatic heterocycles. The Kier molecular flexibility index (Phi) is 6.52. The molecule has 0 bridgehead atoms. The molecule has 2 aromatic carbocycles. The Balaban J connectivity index is 1.85. The molecule has 0 heterocycles. The molecule has 0 aliphatic heterocycles. The van der Waals surface area contributed by atoms with Gasteiger partial charge in [-0.3, -0.25) is 0 Å². The molecule has 0 saturated heterocycles. The van der Waals surface area contributed by atoms with Crippen molar-refractivity contribution in [1.82, 2.24) is 0 Å². The molecule has 162 valence electrons. The molecule has 0 amide bonds. The van der Waals surface area contributed by atoms with Gasteiger partial charge in [-0.2, -0.15) is 13.6 Å². The number of ether oxygens (including phenoxy) is 2. The van der Waals surface area contributed by atoms with Gasteiger partial charge in [0.15, 0.2) is 0 Å². The fraction of sp³-hybridized carbons (Fsp3) is 0.381. The van der Waals surface area contributed by atoms with Gasteiger partial charge in [-0.1, -0.05) is 24.3 Å². The minimum absolute atomic E-state index is 0.0855. The van der Waals surface area contributed by atoms with E-state index in [9.17, 15) is 13.2 Å². The number of rotatable bonds is 7. The van der Waals surface area contributed by atoms with Crippen LogP contribution < -0.4 is 19.9 Å². The van der Waals surface area contributed by atoms with Crippen LogP contribution in [0.4, 0.5) is 5.69 Å². The highest BCUT2D eigenvalue weighted by Crippen LogP contribution is 2.43. The van der Waals surface area contributed by atoms with Crippen LogP contribution in [0, 0.1) is 0 Å². The highest BCUT2D eigenvalue weighted by Gasteiger charge is 2.46. The molecule has 0 atom stereocenters. The zero-order chi connectivity index (χ0) is 21.8. The number of carbonyl (C=O) groups is 1. The van der Waals surface area contributed by atoms with Crippen LogP contribution >= 0.6 is 0 Å². The van der Waals surface area contributed by atoms with Crippen molar-refractivity contribution in [2.75, 3.05) is 19.5 Å². The Morgan fingerprint density at radius 3 is 2.40 bits per heavy atom. The monoisotopic (exact) mass is 434 g/mol. The summed E-state index contributed by atoms with van der Waals surface area (Å²) in [6.45, 7) is 0. The molecule has 9 heteroatoms. The Bertz CT molecular complexity index is 1000. The van der Waals surface area contributed by atoms with E-state index in [0.29, 0.717) is 37.0 Å². The van der Waals surface area contributed by atoms with Crippen molar-refractivity contribution < 1.29 is 26.9 Å². The zero-order valence-electron chi connectivity index (χ0n) is 17.0. The van der Waals surface area contributed by atoms with Crippen molar-refractivity contribution in [2.24, 2.45) is 5.14 Å². The fourth-order valence-electron chi connectivity index (χ4n) is 3.96. The van der Waals surface area contributed by atoms with Gasteiger partial charge in [0, 0.05) is 6.04 Å². The molecule has 2 aromatic rings. The maximum atomic E-state index is 12.9. The summed E-state index contributed by atoms with van der Waals surface area (Å²) in [5.41, 5.74) is 0.386. The smallest absolute Gasteiger partial charge is 0.382 e. The van der Waals surface area contributed by atoms with Crippen LogP contribution in [-0.4, -0.2) is 34.6 Å². The number of hydrogen-bond acceptors (Lipinski definition) is 7. The summed E-state index contributed by atoms with van der Waals surface area (Å²) in [6, 6.07) is 14.7. The first-order valence-corrected chi connectivity index (χ1v) is 11.1. The van der Waals surface area contributed by atoms with E-state index in [1.165, 1.54) is 7.11 Å². The summed E-state index contributed by atoms with van der Waals surface area (Å²) in [7, 11) is -1.28. The minimum Gasteiger partial charge on any atom is -0.497 e. The molecule has 30 heavy (non-hydrogen) atoms. The van der Waals surface area contributed by atoms with Crippen molar-refractivity contribution >= 4 is 22.0 Å². The number of para-hydroxylation sites is 2. The van der Waals surface area contributed by atoms with Gasteiger partial charge in [-0.15, -0.1) is 0 Å². The number of anilines is 1. The third-order valence-electron chi connectivity index (χ3n) is 5.51. The molecule has 1 saturated carbocycles. The second-order valence-electron chi connectivity index (χ2n) is 7.30. The van der Waals surface area contributed by atoms with Gasteiger partial charge >= 0.3 is 16.3 Å². The molecular weight excluding hydrogens is 408 g/mol. The van der Waals surface area contributed by atoms with E-state index in [1.54, 1.807) is 31.4 Å². The van der Waals surface area contributed by atoms with E-state index in [1.807, 2.05) is 24.3 Å². The highest BCUT2D eigenvalue weighted by atomic mass is 32.2. The van der Waals surface area contributed by atoms with Gasteiger partial charge in [-0.05, 0) is 55.5 Å². The van der Waals surface area contributed by atoms with Crippen LogP contribution in [0.15, 0.2) is 48.5 Å². The van der Waals surface area contributed by atoms with E-state index < -0.39 is 21.7 Å². The summed E-state index contributed by atoms with van der Waals surface area (Å²) in [5.74, 6) is 0.439. The number of nitrogens with one attached hydrogen (secondary N) is 1. The van der Waals surface area contributed by atoms with Crippen LogP contribution in [0.25, 0.3) is 0 Å². The Hall–Kier alpha value is -2.78. The fourth-order valence-corrected chi connectivity index (χ4v) is 4.33. The molecule has 1 aliphatic carbocycles. The van der Waals surface area contributed by atoms with Crippen molar-refractivity contribution in [3.8, 4) is 11.5 Å². The lowest BCUT2D eigenvalue weighted by atomic mass is 9.68. The highest BCUT2D eigenvalue weighted by molar-refractivity contribution is 7.84. The first-order chi connectivity index (χ1) is 14.3. The lowest BCUT2D eigenvalue weighted by Crippen LogP contribution is -2.45. The van der Waals surface area contributed by atoms with Gasteiger partial charge in [0.25, 0.3) is 0 Å². The molecule has 3 rings (SSSR count). The average molecular weight is 435 g/mol.